The van der Waals surface area contributed by atoms with Crippen molar-refractivity contribution in [3.05, 3.63) is 181 Å². The van der Waals surface area contributed by atoms with Gasteiger partial charge in [0, 0.05) is 0 Å². The van der Waals surface area contributed by atoms with Gasteiger partial charge in [-0.3, -0.25) is 0 Å². The van der Waals surface area contributed by atoms with Crippen LogP contribution in [-0.2, 0) is 34.6 Å². The number of para-hydroxylation sites is 3. The Morgan fingerprint density at radius 3 is 0.980 bits per heavy atom. The molecule has 0 bridgehead atoms. The molecule has 10 nitrogen and oxygen atoms in total. The molecule has 0 radical (unpaired) electrons. The molecule has 0 aromatic heterocycles. The van der Waals surface area contributed by atoms with E-state index < -0.39 is 37.7 Å². The van der Waals surface area contributed by atoms with E-state index in [0.717, 1.165) is 0 Å². The van der Waals surface area contributed by atoms with Crippen LogP contribution in [0.25, 0.3) is 0 Å². The number of hydrogen-bond acceptors (Lipinski definition) is 7. The summed E-state index contributed by atoms with van der Waals surface area (Å²) in [6, 6.07) is 41.5. The van der Waals surface area contributed by atoms with Crippen LogP contribution in [0.3, 0.4) is 0 Å². The van der Waals surface area contributed by atoms with Crippen LogP contribution in [0.15, 0.2) is 191 Å². The van der Waals surface area contributed by atoms with Crippen molar-refractivity contribution in [2.24, 2.45) is 0 Å². The molecule has 6 aromatic carbocycles. The summed E-state index contributed by atoms with van der Waals surface area (Å²) in [5, 5.41) is 0. The normalized spacial score (nSPS) is 12.2. The fraction of sp³-hybridized carbons (Fsp3) is 0.0270. The van der Waals surface area contributed by atoms with Crippen LogP contribution in [0.5, 0.6) is 0 Å². The van der Waals surface area contributed by atoms with Gasteiger partial charge in [-0.25, -0.2) is 29.8 Å². The zero-order chi connectivity index (χ0) is 36.3. The maximum Gasteiger partial charge on any atom is 0.401 e. The van der Waals surface area contributed by atoms with Gasteiger partial charge in [0.15, 0.2) is 0 Å². The van der Waals surface area contributed by atoms with Crippen molar-refractivity contribution in [2.45, 2.75) is 21.6 Å². The van der Waals surface area contributed by atoms with Gasteiger partial charge in [-0.15, -0.1) is 0 Å². The van der Waals surface area contributed by atoms with Crippen molar-refractivity contribution in [3.8, 4) is 0 Å². The molecule has 6 aromatic rings. The van der Waals surface area contributed by atoms with Crippen LogP contribution in [0.1, 0.15) is 5.56 Å². The predicted octanol–water partition coefficient (Wildman–Crippen LogP) is 8.09. The molecule has 6 rings (SSSR count). The summed E-state index contributed by atoms with van der Waals surface area (Å²) in [6.07, 6.45) is 0. The standard InChI is InChI=1S/C37H32N3O7PS3/c1-31-19-17-18-30-37(31)40(51(46,47)36-28-15-6-16-29-36)48(41,38(32-20-7-2-8-21-32)49(42,43)34-24-11-4-12-25-34)39(33-22-9-3-10-23-33)50(44,45)35-26-13-5-14-27-35/h2-30H,1H3. The zero-order valence-corrected chi connectivity index (χ0v) is 30.5. The lowest BCUT2D eigenvalue weighted by Crippen LogP contribution is -2.48. The molecule has 14 heteroatoms. The lowest BCUT2D eigenvalue weighted by atomic mass is 10.2. The summed E-state index contributed by atoms with van der Waals surface area (Å²) >= 11 is 0. The molecule has 0 aliphatic carbocycles. The van der Waals surface area contributed by atoms with E-state index >= 15 is 29.8 Å². The third-order valence-electron chi connectivity index (χ3n) is 7.79. The van der Waals surface area contributed by atoms with Gasteiger partial charge in [0.2, 0.25) is 0 Å². The molecule has 0 amide bonds. The van der Waals surface area contributed by atoms with Crippen molar-refractivity contribution in [3.63, 3.8) is 0 Å². The minimum atomic E-state index is -5.87. The number of nitrogens with zero attached hydrogens (tertiary/aromatic N) is 3. The molecule has 0 aliphatic heterocycles. The Morgan fingerprint density at radius 1 is 0.373 bits per heavy atom. The number of aryl methyl sites for hydroxylation is 1. The summed E-state index contributed by atoms with van der Waals surface area (Å²) in [5.41, 5.74) is -0.447. The topological polar surface area (TPSA) is 129 Å². The minimum absolute atomic E-state index is 0.210. The van der Waals surface area contributed by atoms with Gasteiger partial charge < -0.3 is 0 Å². The van der Waals surface area contributed by atoms with Crippen molar-refractivity contribution in [2.75, 3.05) is 12.2 Å². The van der Waals surface area contributed by atoms with Gasteiger partial charge in [-0.2, -0.15) is 12.2 Å². The van der Waals surface area contributed by atoms with Gasteiger partial charge in [0.1, 0.15) is 0 Å². The van der Waals surface area contributed by atoms with Crippen molar-refractivity contribution in [1.82, 2.24) is 0 Å². The number of sulfonamides is 3. The van der Waals surface area contributed by atoms with E-state index in [1.54, 1.807) is 49.4 Å². The highest BCUT2D eigenvalue weighted by atomic mass is 32.2. The molecule has 0 N–H and O–H groups in total. The van der Waals surface area contributed by atoms with E-state index in [-0.39, 0.29) is 37.3 Å². The Balaban J connectivity index is 1.88. The molecule has 51 heavy (non-hydrogen) atoms. The molecular weight excluding hydrogens is 726 g/mol. The second kappa shape index (κ2) is 14.2. The monoisotopic (exact) mass is 757 g/mol. The largest absolute Gasteiger partial charge is 0.401 e. The Hall–Kier alpha value is -5.20. The fourth-order valence-corrected chi connectivity index (χ4v) is 16.6. The smallest absolute Gasteiger partial charge is 0.246 e. The number of rotatable bonds is 12. The first-order valence-electron chi connectivity index (χ1n) is 15.5. The minimum Gasteiger partial charge on any atom is -0.246 e. The maximum absolute atomic E-state index is 17.2. The lowest BCUT2D eigenvalue weighted by Gasteiger charge is -2.44. The second-order valence-electron chi connectivity index (χ2n) is 11.2. The van der Waals surface area contributed by atoms with E-state index in [4.69, 9.17) is 0 Å². The van der Waals surface area contributed by atoms with Crippen LogP contribution in [0, 0.1) is 6.92 Å². The van der Waals surface area contributed by atoms with Crippen molar-refractivity contribution in [1.29, 1.82) is 0 Å². The molecule has 260 valence electrons. The third-order valence-corrected chi connectivity index (χ3v) is 18.3. The maximum atomic E-state index is 17.2. The summed E-state index contributed by atoms with van der Waals surface area (Å²) in [4.78, 5) is -1.08. The Morgan fingerprint density at radius 2 is 0.647 bits per heavy atom. The van der Waals surface area contributed by atoms with Gasteiger partial charge in [-0.05, 0) is 79.2 Å². The van der Waals surface area contributed by atoms with E-state index in [9.17, 15) is 0 Å². The van der Waals surface area contributed by atoms with E-state index in [1.165, 1.54) is 133 Å². The Kier molecular flexibility index (Phi) is 9.92. The third kappa shape index (κ3) is 6.57. The molecule has 0 saturated carbocycles. The predicted molar refractivity (Wildman–Crippen MR) is 200 cm³/mol. The van der Waals surface area contributed by atoms with E-state index in [0.29, 0.717) is 12.2 Å². The SMILES string of the molecule is Cc1ccccc1N(P(=O)(N(c1ccccc1)S(=O)(=O)c1ccccc1)N(c1ccccc1)S(=O)(=O)c1ccccc1)S(=O)(=O)c1ccccc1. The zero-order valence-electron chi connectivity index (χ0n) is 27.1. The Labute approximate surface area is 298 Å². The van der Waals surface area contributed by atoms with E-state index in [2.05, 4.69) is 0 Å². The molecule has 0 atom stereocenters. The first kappa shape index (κ1) is 35.6. The molecule has 0 unspecified atom stereocenters. The summed E-state index contributed by atoms with van der Waals surface area (Å²) < 4.78 is 110. The number of hydrogen-bond donors (Lipinski definition) is 0. The number of anilines is 3. The summed E-state index contributed by atoms with van der Waals surface area (Å²) in [5.74, 6) is 0. The van der Waals surface area contributed by atoms with Gasteiger partial charge in [0.25, 0.3) is 30.1 Å². The fourth-order valence-electron chi connectivity index (χ4n) is 5.46. The van der Waals surface area contributed by atoms with Crippen LogP contribution < -0.4 is 12.2 Å². The summed E-state index contributed by atoms with van der Waals surface area (Å²) in [7, 11) is -21.0. The van der Waals surface area contributed by atoms with Crippen molar-refractivity contribution >= 4 is 54.7 Å². The number of benzene rings is 6. The quantitative estimate of drug-likeness (QED) is 0.115. The van der Waals surface area contributed by atoms with Crippen LogP contribution in [-0.4, -0.2) is 25.3 Å². The molecule has 0 saturated heterocycles. The highest BCUT2D eigenvalue weighted by molar-refractivity contribution is 8.12. The summed E-state index contributed by atoms with van der Waals surface area (Å²) in [6.45, 7) is 1.56. The molecule has 0 aliphatic rings. The van der Waals surface area contributed by atoms with Crippen LogP contribution >= 0.6 is 7.59 Å². The highest BCUT2D eigenvalue weighted by Gasteiger charge is 2.59. The Bertz CT molecular complexity index is 2400. The molecule has 0 spiro atoms. The van der Waals surface area contributed by atoms with Crippen molar-refractivity contribution < 1.29 is 29.8 Å². The van der Waals surface area contributed by atoms with E-state index in [1.807, 2.05) is 0 Å². The van der Waals surface area contributed by atoms with Crippen LogP contribution in [0.2, 0.25) is 0 Å². The highest BCUT2D eigenvalue weighted by Crippen LogP contribution is 2.66. The second-order valence-corrected chi connectivity index (χ2v) is 19.6. The van der Waals surface area contributed by atoms with Gasteiger partial charge >= 0.3 is 7.59 Å². The average Bonchev–Trinajstić information content (AvgIpc) is 3.14. The van der Waals surface area contributed by atoms with Gasteiger partial charge in [0.05, 0.1) is 31.7 Å². The van der Waals surface area contributed by atoms with Crippen LogP contribution in [0.4, 0.5) is 17.1 Å². The first-order chi connectivity index (χ1) is 24.4. The van der Waals surface area contributed by atoms with Gasteiger partial charge in [-0.1, -0.05) is 109 Å². The molecule has 0 fully saturated rings. The average molecular weight is 758 g/mol. The molecule has 0 heterocycles. The lowest BCUT2D eigenvalue weighted by molar-refractivity contribution is 0.565. The first-order valence-corrected chi connectivity index (χ1v) is 21.4. The molecular formula is C37H32N3O7PS3.